The molecule has 0 radical (unpaired) electrons. The molecule has 0 saturated carbocycles. The summed E-state index contributed by atoms with van der Waals surface area (Å²) in [5.74, 6) is -1.98. The second kappa shape index (κ2) is 26.0. The van der Waals surface area contributed by atoms with Gasteiger partial charge >= 0.3 is 0 Å². The number of hydrogen-bond donors (Lipinski definition) is 0. The van der Waals surface area contributed by atoms with Gasteiger partial charge in [0, 0.05) is 107 Å². The van der Waals surface area contributed by atoms with Crippen molar-refractivity contribution in [3.63, 3.8) is 0 Å². The lowest BCUT2D eigenvalue weighted by atomic mass is 9.80. The van der Waals surface area contributed by atoms with E-state index < -0.39 is 47.5 Å². The summed E-state index contributed by atoms with van der Waals surface area (Å²) in [5.41, 5.74) is 8.19. The Bertz CT molecular complexity index is 4840. The van der Waals surface area contributed by atoms with Crippen molar-refractivity contribution in [3.8, 4) is 46.0 Å². The molecule has 104 heavy (non-hydrogen) atoms. The fraction of sp³-hybridized carbons (Fsp3) is 0.286. The molecule has 6 aliphatic rings. The fourth-order valence-electron chi connectivity index (χ4n) is 15.2. The lowest BCUT2D eigenvalue weighted by Crippen LogP contribution is -2.56. The third-order valence-corrected chi connectivity index (χ3v) is 20.6. The van der Waals surface area contributed by atoms with Crippen molar-refractivity contribution >= 4 is 78.5 Å². The van der Waals surface area contributed by atoms with Crippen molar-refractivity contribution in [3.05, 3.63) is 224 Å². The predicted octanol–water partition coefficient (Wildman–Crippen LogP) is 13.8. The van der Waals surface area contributed by atoms with Gasteiger partial charge in [-0.05, 0) is 162 Å². The maximum Gasteiger partial charge on any atom is 0.262 e. The SMILES string of the molecule is Cc1ccc(Oc2cc3c4c(cc(Oc5ccc(C)cc5C)c5c6c(Oc7ccc(C)cc7C)cc7c8c(cc(Oc9ccc(C)cc9C)c(c2c45)c86)C(=O)N(C(Cc2ccncc2)C(=O)N(CC2CO2)CC2CO2)C7=O)C(=O)N(C(Cc2ccncc2)C(=O)N(CC2CO2)CC2CO2)C3=O)c(C)c1. The molecule has 17 rings (SSSR count). The van der Waals surface area contributed by atoms with E-state index in [1.54, 1.807) is 83.1 Å². The number of imide groups is 2. The Morgan fingerprint density at radius 1 is 0.365 bits per heavy atom. The van der Waals surface area contributed by atoms with Crippen LogP contribution < -0.4 is 18.9 Å². The van der Waals surface area contributed by atoms with Gasteiger partial charge in [-0.3, -0.25) is 48.5 Å². The van der Waals surface area contributed by atoms with Crippen LogP contribution in [0.2, 0.25) is 0 Å². The summed E-state index contributed by atoms with van der Waals surface area (Å²) in [6.45, 7) is 18.2. The first-order chi connectivity index (χ1) is 50.3. The number of aromatic nitrogens is 2. The summed E-state index contributed by atoms with van der Waals surface area (Å²) < 4.78 is 52.6. The van der Waals surface area contributed by atoms with Gasteiger partial charge in [-0.25, -0.2) is 0 Å². The maximum atomic E-state index is 16.7. The summed E-state index contributed by atoms with van der Waals surface area (Å²) in [6, 6.07) is 33.8. The molecular formula is C84H74N6O14. The van der Waals surface area contributed by atoms with Gasteiger partial charge in [-0.15, -0.1) is 0 Å². The van der Waals surface area contributed by atoms with E-state index in [4.69, 9.17) is 37.9 Å². The molecule has 8 heterocycles. The molecule has 0 bridgehead atoms. The quantitative estimate of drug-likeness (QED) is 0.0237. The zero-order valence-corrected chi connectivity index (χ0v) is 58.8. The molecule has 2 aromatic heterocycles. The first kappa shape index (κ1) is 66.1. The second-order valence-corrected chi connectivity index (χ2v) is 28.6. The van der Waals surface area contributed by atoms with Crippen LogP contribution in [-0.2, 0) is 41.4 Å². The van der Waals surface area contributed by atoms with Crippen LogP contribution in [0.4, 0.5) is 0 Å². The summed E-state index contributed by atoms with van der Waals surface area (Å²) in [4.78, 5) is 113. The topological polar surface area (TPSA) is 228 Å². The smallest absolute Gasteiger partial charge is 0.262 e. The van der Waals surface area contributed by atoms with E-state index in [0.29, 0.717) is 92.9 Å². The Morgan fingerprint density at radius 3 is 0.846 bits per heavy atom. The fourth-order valence-corrected chi connectivity index (χ4v) is 15.2. The van der Waals surface area contributed by atoms with Crippen LogP contribution in [0.5, 0.6) is 46.0 Å². The minimum Gasteiger partial charge on any atom is -0.456 e. The molecular weight excluding hydrogens is 1320 g/mol. The molecule has 0 aliphatic carbocycles. The molecule has 6 atom stereocenters. The van der Waals surface area contributed by atoms with E-state index in [1.807, 2.05) is 128 Å². The number of carbonyl (C=O) groups is 6. The van der Waals surface area contributed by atoms with Gasteiger partial charge in [0.05, 0.1) is 73.1 Å². The Balaban J connectivity index is 1.00. The molecule has 0 spiro atoms. The van der Waals surface area contributed by atoms with Gasteiger partial charge in [0.15, 0.2) is 0 Å². The first-order valence-corrected chi connectivity index (χ1v) is 35.2. The van der Waals surface area contributed by atoms with Crippen molar-refractivity contribution in [2.75, 3.05) is 52.6 Å². The van der Waals surface area contributed by atoms with E-state index in [-0.39, 0.29) is 119 Å². The predicted molar refractivity (Wildman–Crippen MR) is 388 cm³/mol. The van der Waals surface area contributed by atoms with Crippen LogP contribution in [0.3, 0.4) is 0 Å². The summed E-state index contributed by atoms with van der Waals surface area (Å²) in [7, 11) is 0. The van der Waals surface area contributed by atoms with Crippen LogP contribution >= 0.6 is 0 Å². The number of aryl methyl sites for hydroxylation is 8. The van der Waals surface area contributed by atoms with E-state index in [9.17, 15) is 0 Å². The third-order valence-electron chi connectivity index (χ3n) is 20.6. The number of benzene rings is 9. The summed E-state index contributed by atoms with van der Waals surface area (Å²) in [6.07, 6.45) is 5.29. The highest BCUT2D eigenvalue weighted by Crippen LogP contribution is 2.59. The Morgan fingerprint density at radius 2 is 0.615 bits per heavy atom. The number of epoxide rings is 4. The van der Waals surface area contributed by atoms with Crippen LogP contribution in [0, 0.1) is 55.4 Å². The number of carbonyl (C=O) groups excluding carboxylic acids is 6. The number of pyridine rings is 2. The zero-order valence-electron chi connectivity index (χ0n) is 58.8. The number of fused-ring (bicyclic) bond motifs is 2. The Labute approximate surface area is 599 Å². The molecule has 20 heteroatoms. The minimum absolute atomic E-state index is 0.0248. The minimum atomic E-state index is -1.41. The first-order valence-electron chi connectivity index (χ1n) is 35.2. The summed E-state index contributed by atoms with van der Waals surface area (Å²) >= 11 is 0. The molecule has 20 nitrogen and oxygen atoms in total. The maximum absolute atomic E-state index is 16.7. The average molecular weight is 1390 g/mol. The molecule has 9 aromatic carbocycles. The van der Waals surface area contributed by atoms with Crippen molar-refractivity contribution in [2.45, 2.75) is 105 Å². The van der Waals surface area contributed by atoms with Gasteiger partial charge < -0.3 is 47.7 Å². The molecule has 6 aliphatic heterocycles. The Kier molecular flexibility index (Phi) is 16.5. The molecule has 6 amide bonds. The second-order valence-electron chi connectivity index (χ2n) is 28.6. The average Bonchev–Trinajstić information content (AvgIpc) is 0.818. The number of hydrogen-bond acceptors (Lipinski definition) is 16. The van der Waals surface area contributed by atoms with Gasteiger partial charge in [-0.1, -0.05) is 70.8 Å². The lowest BCUT2D eigenvalue weighted by Gasteiger charge is -2.37. The van der Waals surface area contributed by atoms with E-state index in [2.05, 4.69) is 9.97 Å². The molecule has 0 N–H and O–H groups in total. The van der Waals surface area contributed by atoms with E-state index in [1.165, 1.54) is 0 Å². The van der Waals surface area contributed by atoms with Crippen LogP contribution in [0.15, 0.2) is 146 Å². The molecule has 524 valence electrons. The normalized spacial score (nSPS) is 18.3. The van der Waals surface area contributed by atoms with Crippen LogP contribution in [0.1, 0.15) is 97.1 Å². The van der Waals surface area contributed by atoms with Crippen molar-refractivity contribution in [1.82, 2.24) is 29.6 Å². The highest BCUT2D eigenvalue weighted by atomic mass is 16.6. The van der Waals surface area contributed by atoms with Crippen molar-refractivity contribution < 1.29 is 66.7 Å². The number of amides is 6. The number of nitrogens with zero attached hydrogens (tertiary/aromatic N) is 6. The van der Waals surface area contributed by atoms with Crippen molar-refractivity contribution in [1.29, 1.82) is 0 Å². The van der Waals surface area contributed by atoms with Crippen molar-refractivity contribution in [2.24, 2.45) is 0 Å². The highest BCUT2D eigenvalue weighted by Gasteiger charge is 2.49. The number of rotatable bonds is 24. The molecule has 6 unspecified atom stereocenters. The van der Waals surface area contributed by atoms with Crippen LogP contribution in [0.25, 0.3) is 43.1 Å². The number of ether oxygens (including phenoxy) is 8. The van der Waals surface area contributed by atoms with Gasteiger partial charge in [-0.2, -0.15) is 0 Å². The zero-order chi connectivity index (χ0) is 71.7. The molecule has 4 saturated heterocycles. The largest absolute Gasteiger partial charge is 0.456 e. The van der Waals surface area contributed by atoms with Gasteiger partial charge in [0.25, 0.3) is 23.6 Å². The van der Waals surface area contributed by atoms with E-state index in [0.717, 1.165) is 54.3 Å². The van der Waals surface area contributed by atoms with Gasteiger partial charge in [0.2, 0.25) is 11.8 Å². The molecule has 4 fully saturated rings. The highest BCUT2D eigenvalue weighted by molar-refractivity contribution is 6.45. The third kappa shape index (κ3) is 12.2. The molecule has 11 aromatic rings. The Hall–Kier alpha value is -11.2. The standard InChI is InChI=1S/C84H74N6O14/c1-43-9-13-63(47(5)25-43)101-67-31-57-71-58(80(92)89(79(57)91)61(29-51-17-21-85-22-18-51)83(95)87(35-53-39-97-53)36-54-40-98-54)33-69(103-65-15-11-45(3)27-49(65)7)75-76-70(104-66-16-12-46(4)28-50(66)8)34-60-72-59(32-68(74(78(72)76)73(67)77(71)75)102-64-14-10-44(2)26-48(64)6)81(93)90(82(60)94)62(30-52-19-23-86-24-20-52)84(96)88(37-55-41-99-55)38-56-42-100-56/h9-28,31-34,53-56,61-62H,29-30,35-42H2,1-8H3. The lowest BCUT2D eigenvalue weighted by molar-refractivity contribution is -0.136. The van der Waals surface area contributed by atoms with E-state index >= 15 is 28.8 Å². The monoisotopic (exact) mass is 1390 g/mol. The summed E-state index contributed by atoms with van der Waals surface area (Å²) in [5, 5.41) is 2.26. The van der Waals surface area contributed by atoms with Crippen LogP contribution in [-0.4, -0.2) is 154 Å². The van der Waals surface area contributed by atoms with Gasteiger partial charge in [0.1, 0.15) is 58.1 Å².